The van der Waals surface area contributed by atoms with Gasteiger partial charge in [0.2, 0.25) is 0 Å². The third-order valence-corrected chi connectivity index (χ3v) is 4.32. The van der Waals surface area contributed by atoms with E-state index in [9.17, 15) is 18.0 Å². The summed E-state index contributed by atoms with van der Waals surface area (Å²) in [4.78, 5) is 15.0. The lowest BCUT2D eigenvalue weighted by molar-refractivity contribution is -0.147. The van der Waals surface area contributed by atoms with Crippen LogP contribution < -0.4 is 0 Å². The normalized spacial score (nSPS) is 29.8. The van der Waals surface area contributed by atoms with Gasteiger partial charge in [-0.25, -0.2) is 0 Å². The van der Waals surface area contributed by atoms with E-state index >= 15 is 0 Å². The lowest BCUT2D eigenvalue weighted by Crippen LogP contribution is -2.36. The number of rotatable bonds is 4. The molecule has 0 spiro atoms. The molecule has 0 radical (unpaired) electrons. The fourth-order valence-corrected chi connectivity index (χ4v) is 3.38. The number of carbonyl (C=O) groups excluding carboxylic acids is 1. The average molecular weight is 311 g/mol. The average Bonchev–Trinajstić information content (AvgIpc) is 2.75. The van der Waals surface area contributed by atoms with Gasteiger partial charge in [0.05, 0.1) is 17.2 Å². The molecule has 4 nitrogen and oxygen atoms in total. The monoisotopic (exact) mass is 311 g/mol. The van der Waals surface area contributed by atoms with Crippen molar-refractivity contribution < 1.29 is 27.4 Å². The molecule has 3 atom stereocenters. The van der Waals surface area contributed by atoms with Gasteiger partial charge >= 0.3 is 12.1 Å². The minimum atomic E-state index is -4.16. The summed E-state index contributed by atoms with van der Waals surface area (Å²) in [5.74, 6) is -0.364. The number of nitrogens with zero attached hydrogens (tertiary/aromatic N) is 1. The fraction of sp³-hybridized carbons (Fsp3) is 0.833. The van der Waals surface area contributed by atoms with Crippen LogP contribution in [0, 0.1) is 0 Å². The Balaban J connectivity index is 1.78. The summed E-state index contributed by atoms with van der Waals surface area (Å²) in [7, 11) is 0. The first kappa shape index (κ1) is 15.6. The Morgan fingerprint density at radius 1 is 1.50 bits per heavy atom. The van der Waals surface area contributed by atoms with Crippen molar-refractivity contribution in [3.8, 4) is 0 Å². The second-order valence-corrected chi connectivity index (χ2v) is 6.00. The quantitative estimate of drug-likeness (QED) is 0.749. The molecular weight excluding hydrogens is 295 g/mol. The Bertz CT molecular complexity index is 400. The van der Waals surface area contributed by atoms with E-state index in [4.69, 9.17) is 9.47 Å². The number of thioether (sulfide) groups is 1. The Labute approximate surface area is 119 Å². The lowest BCUT2D eigenvalue weighted by Gasteiger charge is -2.30. The fourth-order valence-electron chi connectivity index (χ4n) is 2.13. The number of hydrogen-bond acceptors (Lipinski definition) is 5. The number of aliphatic imine (C=N–C) groups is 1. The predicted molar refractivity (Wildman–Crippen MR) is 68.6 cm³/mol. The van der Waals surface area contributed by atoms with Gasteiger partial charge in [-0.15, -0.1) is 0 Å². The number of hydrogen-bond donors (Lipinski definition) is 0. The highest BCUT2D eigenvalue weighted by Gasteiger charge is 2.38. The minimum absolute atomic E-state index is 0.0724. The van der Waals surface area contributed by atoms with E-state index in [1.165, 1.54) is 18.7 Å². The molecule has 20 heavy (non-hydrogen) atoms. The van der Waals surface area contributed by atoms with E-state index in [-0.39, 0.29) is 36.6 Å². The molecule has 0 aromatic heterocycles. The second-order valence-electron chi connectivity index (χ2n) is 4.83. The zero-order valence-corrected chi connectivity index (χ0v) is 11.8. The summed E-state index contributed by atoms with van der Waals surface area (Å²) >= 11 is 1.26. The van der Waals surface area contributed by atoms with Gasteiger partial charge in [0, 0.05) is 19.8 Å². The van der Waals surface area contributed by atoms with Gasteiger partial charge in [0.1, 0.15) is 12.0 Å². The van der Waals surface area contributed by atoms with Crippen molar-refractivity contribution >= 4 is 22.8 Å². The Morgan fingerprint density at radius 3 is 2.90 bits per heavy atom. The molecule has 1 saturated heterocycles. The molecule has 0 unspecified atom stereocenters. The van der Waals surface area contributed by atoms with Gasteiger partial charge in [0.15, 0.2) is 0 Å². The van der Waals surface area contributed by atoms with Crippen molar-refractivity contribution in [3.05, 3.63) is 0 Å². The number of alkyl halides is 3. The Morgan fingerprint density at radius 2 is 2.25 bits per heavy atom. The van der Waals surface area contributed by atoms with Crippen molar-refractivity contribution in [1.29, 1.82) is 0 Å². The van der Waals surface area contributed by atoms with Crippen LogP contribution in [0.1, 0.15) is 32.6 Å². The van der Waals surface area contributed by atoms with Crippen molar-refractivity contribution in [1.82, 2.24) is 0 Å². The number of halogens is 3. The highest BCUT2D eigenvalue weighted by molar-refractivity contribution is 8.14. The summed E-state index contributed by atoms with van der Waals surface area (Å²) in [5, 5.41) is 0.505. The van der Waals surface area contributed by atoms with E-state index in [0.29, 0.717) is 11.5 Å². The standard InChI is InChI=1S/C12H16F3NO3S/c1-7(17)18-6-8-2-3-9-11(19-8)20-10(16-9)4-5-12(13,14)15/h8-9,11H,2-6H2,1H3/t8-,9-,11-/m1/s1. The van der Waals surface area contributed by atoms with Crippen molar-refractivity contribution in [2.75, 3.05) is 6.61 Å². The molecule has 0 N–H and O–H groups in total. The zero-order chi connectivity index (χ0) is 14.8. The van der Waals surface area contributed by atoms with Crippen LogP contribution in [0.2, 0.25) is 0 Å². The first-order valence-corrected chi connectivity index (χ1v) is 7.30. The minimum Gasteiger partial charge on any atom is -0.463 e. The van der Waals surface area contributed by atoms with Crippen LogP contribution in [-0.4, -0.2) is 41.4 Å². The molecule has 1 fully saturated rings. The Kier molecular flexibility index (Phi) is 4.95. The first-order chi connectivity index (χ1) is 9.33. The van der Waals surface area contributed by atoms with E-state index < -0.39 is 12.6 Å². The number of esters is 1. The van der Waals surface area contributed by atoms with Gasteiger partial charge in [-0.1, -0.05) is 11.8 Å². The van der Waals surface area contributed by atoms with Crippen LogP contribution in [-0.2, 0) is 14.3 Å². The maximum atomic E-state index is 12.2. The first-order valence-electron chi connectivity index (χ1n) is 6.42. The van der Waals surface area contributed by atoms with E-state index in [1.807, 2.05) is 0 Å². The van der Waals surface area contributed by atoms with Crippen LogP contribution in [0.25, 0.3) is 0 Å². The number of fused-ring (bicyclic) bond motifs is 1. The summed E-state index contributed by atoms with van der Waals surface area (Å²) in [5.41, 5.74) is -0.243. The number of ether oxygens (including phenoxy) is 2. The largest absolute Gasteiger partial charge is 0.463 e. The molecule has 2 aliphatic heterocycles. The molecular formula is C12H16F3NO3S. The predicted octanol–water partition coefficient (Wildman–Crippen LogP) is 2.91. The molecule has 0 aliphatic carbocycles. The van der Waals surface area contributed by atoms with Crippen molar-refractivity contribution in [3.63, 3.8) is 0 Å². The third-order valence-electron chi connectivity index (χ3n) is 3.08. The highest BCUT2D eigenvalue weighted by atomic mass is 32.2. The van der Waals surface area contributed by atoms with Crippen molar-refractivity contribution in [2.24, 2.45) is 4.99 Å². The van der Waals surface area contributed by atoms with Gasteiger partial charge in [-0.05, 0) is 12.8 Å². The summed E-state index contributed by atoms with van der Waals surface area (Å²) in [6.45, 7) is 1.52. The van der Waals surface area contributed by atoms with Gasteiger partial charge in [0.25, 0.3) is 0 Å². The highest BCUT2D eigenvalue weighted by Crippen LogP contribution is 2.38. The van der Waals surface area contributed by atoms with Crippen molar-refractivity contribution in [2.45, 2.75) is 56.4 Å². The van der Waals surface area contributed by atoms with Crippen LogP contribution >= 0.6 is 11.8 Å². The molecule has 0 amide bonds. The molecule has 0 saturated carbocycles. The van der Waals surface area contributed by atoms with Crippen LogP contribution in [0.5, 0.6) is 0 Å². The molecule has 0 bridgehead atoms. The van der Waals surface area contributed by atoms with Crippen LogP contribution in [0.4, 0.5) is 13.2 Å². The molecule has 0 aromatic carbocycles. The molecule has 8 heteroatoms. The summed E-state index contributed by atoms with van der Waals surface area (Å²) in [6, 6.07) is -0.0724. The Hall–Kier alpha value is -0.760. The summed E-state index contributed by atoms with van der Waals surface area (Å²) < 4.78 is 47.1. The lowest BCUT2D eigenvalue weighted by atomic mass is 10.1. The molecule has 0 aromatic rings. The number of carbonyl (C=O) groups is 1. The van der Waals surface area contributed by atoms with Gasteiger partial charge in [-0.2, -0.15) is 13.2 Å². The second kappa shape index (κ2) is 6.34. The topological polar surface area (TPSA) is 47.9 Å². The van der Waals surface area contributed by atoms with E-state index in [2.05, 4.69) is 4.99 Å². The van der Waals surface area contributed by atoms with Gasteiger partial charge < -0.3 is 9.47 Å². The SMILES string of the molecule is CC(=O)OC[C@H]1CC[C@H]2N=C(CCC(F)(F)F)S[C@H]2O1. The van der Waals surface area contributed by atoms with Crippen LogP contribution in [0.15, 0.2) is 4.99 Å². The molecule has 2 rings (SSSR count). The molecule has 114 valence electrons. The van der Waals surface area contributed by atoms with Gasteiger partial charge in [-0.3, -0.25) is 9.79 Å². The maximum Gasteiger partial charge on any atom is 0.389 e. The molecule has 2 aliphatic rings. The van der Waals surface area contributed by atoms with E-state index in [0.717, 1.165) is 6.42 Å². The van der Waals surface area contributed by atoms with Crippen LogP contribution in [0.3, 0.4) is 0 Å². The summed E-state index contributed by atoms with van der Waals surface area (Å²) in [6.07, 6.45) is -3.83. The maximum absolute atomic E-state index is 12.2. The van der Waals surface area contributed by atoms with E-state index in [1.54, 1.807) is 0 Å². The molecule has 2 heterocycles. The smallest absolute Gasteiger partial charge is 0.389 e. The zero-order valence-electron chi connectivity index (χ0n) is 11.0. The third kappa shape index (κ3) is 4.66.